The van der Waals surface area contributed by atoms with Crippen molar-refractivity contribution in [2.45, 2.75) is 19.6 Å². The van der Waals surface area contributed by atoms with Crippen molar-refractivity contribution in [1.82, 2.24) is 5.32 Å². The highest BCUT2D eigenvalue weighted by molar-refractivity contribution is 6.02. The molecule has 0 unspecified atom stereocenters. The van der Waals surface area contributed by atoms with Crippen LogP contribution in [-0.4, -0.2) is 13.0 Å². The number of fused-ring (bicyclic) bond motifs is 1. The molecule has 150 valence electrons. The first kappa shape index (κ1) is 19.3. The Hall–Kier alpha value is -3.98. The van der Waals surface area contributed by atoms with Crippen LogP contribution >= 0.6 is 0 Å². The maximum atomic E-state index is 12.4. The molecule has 0 aliphatic carbocycles. The van der Waals surface area contributed by atoms with Crippen molar-refractivity contribution in [3.8, 4) is 11.8 Å². The van der Waals surface area contributed by atoms with Gasteiger partial charge in [-0.1, -0.05) is 24.3 Å². The maximum Gasteiger partial charge on any atom is 0.262 e. The van der Waals surface area contributed by atoms with E-state index in [-0.39, 0.29) is 12.1 Å². The summed E-state index contributed by atoms with van der Waals surface area (Å²) < 4.78 is 10.7. The fourth-order valence-corrected chi connectivity index (χ4v) is 3.51. The number of nitrogens with one attached hydrogen (secondary N) is 1. The molecule has 0 atom stereocenters. The van der Waals surface area contributed by atoms with E-state index in [2.05, 4.69) is 34.5 Å². The average Bonchev–Trinajstić information content (AvgIpc) is 3.45. The normalized spacial score (nSPS) is 12.9. The second-order valence-corrected chi connectivity index (χ2v) is 6.98. The number of ether oxygens (including phenoxy) is 1. The summed E-state index contributed by atoms with van der Waals surface area (Å²) in [6, 6.07) is 19.6. The summed E-state index contributed by atoms with van der Waals surface area (Å²) in [5.74, 6) is 0.763. The molecule has 2 heterocycles. The predicted octanol–water partition coefficient (Wildman–Crippen LogP) is 4.03. The number of methoxy groups -OCH3 is 1. The Morgan fingerprint density at radius 1 is 1.20 bits per heavy atom. The SMILES string of the molecule is COc1cc(N2Cc3ccccc3C2)ccc1/C=C(\C#N)C(=O)NCc1ccco1. The van der Waals surface area contributed by atoms with Crippen molar-refractivity contribution in [3.63, 3.8) is 0 Å². The van der Waals surface area contributed by atoms with Crippen molar-refractivity contribution in [2.24, 2.45) is 0 Å². The van der Waals surface area contributed by atoms with Crippen LogP contribution < -0.4 is 15.0 Å². The van der Waals surface area contributed by atoms with E-state index >= 15 is 0 Å². The summed E-state index contributed by atoms with van der Waals surface area (Å²) in [6.45, 7) is 1.90. The van der Waals surface area contributed by atoms with Gasteiger partial charge in [0.25, 0.3) is 5.91 Å². The highest BCUT2D eigenvalue weighted by Crippen LogP contribution is 2.32. The standard InChI is InChI=1S/C24H21N3O3/c1-29-23-12-21(27-15-18-5-2-3-6-19(18)16-27)9-8-17(23)11-20(13-25)24(28)26-14-22-7-4-10-30-22/h2-12H,14-16H2,1H3,(H,26,28)/b20-11+. The molecule has 0 spiro atoms. The molecule has 3 aromatic rings. The van der Waals surface area contributed by atoms with Crippen molar-refractivity contribution >= 4 is 17.7 Å². The molecule has 0 fully saturated rings. The van der Waals surface area contributed by atoms with Crippen LogP contribution in [-0.2, 0) is 24.4 Å². The number of nitrogens with zero attached hydrogens (tertiary/aromatic N) is 2. The molecule has 1 aliphatic heterocycles. The lowest BCUT2D eigenvalue weighted by molar-refractivity contribution is -0.117. The number of carbonyl (C=O) groups is 1. The number of anilines is 1. The molecule has 30 heavy (non-hydrogen) atoms. The molecule has 1 N–H and O–H groups in total. The van der Waals surface area contributed by atoms with Crippen molar-refractivity contribution in [2.75, 3.05) is 12.0 Å². The van der Waals surface area contributed by atoms with Gasteiger partial charge in [-0.3, -0.25) is 4.79 Å². The number of hydrogen-bond acceptors (Lipinski definition) is 5. The van der Waals surface area contributed by atoms with Gasteiger partial charge in [-0.2, -0.15) is 5.26 Å². The summed E-state index contributed by atoms with van der Waals surface area (Å²) in [7, 11) is 1.58. The van der Waals surface area contributed by atoms with E-state index in [1.54, 1.807) is 25.3 Å². The van der Waals surface area contributed by atoms with Gasteiger partial charge in [0, 0.05) is 30.4 Å². The number of hydrogen-bond donors (Lipinski definition) is 1. The largest absolute Gasteiger partial charge is 0.496 e. The molecule has 6 heteroatoms. The van der Waals surface area contributed by atoms with Gasteiger partial charge in [-0.25, -0.2) is 0 Å². The van der Waals surface area contributed by atoms with Crippen LogP contribution in [0.4, 0.5) is 5.69 Å². The highest BCUT2D eigenvalue weighted by atomic mass is 16.5. The first-order valence-electron chi connectivity index (χ1n) is 9.60. The van der Waals surface area contributed by atoms with E-state index in [4.69, 9.17) is 9.15 Å². The smallest absolute Gasteiger partial charge is 0.262 e. The van der Waals surface area contributed by atoms with Crippen LogP contribution in [0.25, 0.3) is 6.08 Å². The Morgan fingerprint density at radius 3 is 2.60 bits per heavy atom. The summed E-state index contributed by atoms with van der Waals surface area (Å²) in [5.41, 5.74) is 4.34. The van der Waals surface area contributed by atoms with Gasteiger partial charge in [0.05, 0.1) is 19.9 Å². The Bertz CT molecular complexity index is 1100. The van der Waals surface area contributed by atoms with E-state index in [0.29, 0.717) is 17.1 Å². The summed E-state index contributed by atoms with van der Waals surface area (Å²) in [4.78, 5) is 14.6. The molecular weight excluding hydrogens is 378 g/mol. The Morgan fingerprint density at radius 2 is 1.97 bits per heavy atom. The van der Waals surface area contributed by atoms with Gasteiger partial charge >= 0.3 is 0 Å². The van der Waals surface area contributed by atoms with E-state index in [0.717, 1.165) is 18.8 Å². The first-order valence-corrected chi connectivity index (χ1v) is 9.60. The fourth-order valence-electron chi connectivity index (χ4n) is 3.51. The number of rotatable bonds is 6. The second kappa shape index (κ2) is 8.58. The zero-order chi connectivity index (χ0) is 20.9. The summed E-state index contributed by atoms with van der Waals surface area (Å²) >= 11 is 0. The molecule has 0 radical (unpaired) electrons. The lowest BCUT2D eigenvalue weighted by Crippen LogP contribution is -2.23. The molecule has 4 rings (SSSR count). The maximum absolute atomic E-state index is 12.4. The number of amides is 1. The fraction of sp³-hybridized carbons (Fsp3) is 0.167. The van der Waals surface area contributed by atoms with Gasteiger partial charge in [0.15, 0.2) is 0 Å². The monoisotopic (exact) mass is 399 g/mol. The van der Waals surface area contributed by atoms with Gasteiger partial charge in [-0.15, -0.1) is 0 Å². The van der Waals surface area contributed by atoms with Crippen LogP contribution in [0.5, 0.6) is 5.75 Å². The van der Waals surface area contributed by atoms with Gasteiger partial charge in [0.2, 0.25) is 0 Å². The van der Waals surface area contributed by atoms with Crippen molar-refractivity contribution in [3.05, 3.63) is 88.9 Å². The van der Waals surface area contributed by atoms with Crippen LogP contribution in [0.1, 0.15) is 22.5 Å². The average molecular weight is 399 g/mol. The zero-order valence-electron chi connectivity index (χ0n) is 16.6. The Kier molecular flexibility index (Phi) is 5.53. The third kappa shape index (κ3) is 4.06. The molecule has 6 nitrogen and oxygen atoms in total. The number of furan rings is 1. The third-order valence-electron chi connectivity index (χ3n) is 5.09. The summed E-state index contributed by atoms with van der Waals surface area (Å²) in [5, 5.41) is 12.1. The predicted molar refractivity (Wildman–Crippen MR) is 113 cm³/mol. The second-order valence-electron chi connectivity index (χ2n) is 6.98. The van der Waals surface area contributed by atoms with E-state index in [1.165, 1.54) is 17.4 Å². The summed E-state index contributed by atoms with van der Waals surface area (Å²) in [6.07, 6.45) is 3.08. The van der Waals surface area contributed by atoms with Gasteiger partial charge in [0.1, 0.15) is 23.2 Å². The Balaban J connectivity index is 1.52. The van der Waals surface area contributed by atoms with Crippen LogP contribution in [0.2, 0.25) is 0 Å². The number of carbonyl (C=O) groups excluding carboxylic acids is 1. The molecule has 0 bridgehead atoms. The van der Waals surface area contributed by atoms with Gasteiger partial charge < -0.3 is 19.4 Å². The lowest BCUT2D eigenvalue weighted by Gasteiger charge is -2.19. The Labute approximate surface area is 175 Å². The van der Waals surface area contributed by atoms with Crippen LogP contribution in [0.15, 0.2) is 70.9 Å². The topological polar surface area (TPSA) is 78.5 Å². The van der Waals surface area contributed by atoms with E-state index < -0.39 is 5.91 Å². The van der Waals surface area contributed by atoms with Crippen molar-refractivity contribution in [1.29, 1.82) is 5.26 Å². The number of nitriles is 1. The molecule has 1 aromatic heterocycles. The molecule has 0 saturated carbocycles. The minimum absolute atomic E-state index is 0.00110. The molecule has 2 aromatic carbocycles. The quantitative estimate of drug-likeness (QED) is 0.500. The first-order chi connectivity index (χ1) is 14.7. The zero-order valence-corrected chi connectivity index (χ0v) is 16.6. The highest BCUT2D eigenvalue weighted by Gasteiger charge is 2.20. The molecule has 1 amide bonds. The minimum atomic E-state index is -0.463. The third-order valence-corrected chi connectivity index (χ3v) is 5.09. The van der Waals surface area contributed by atoms with Crippen LogP contribution in [0, 0.1) is 11.3 Å². The minimum Gasteiger partial charge on any atom is -0.496 e. The lowest BCUT2D eigenvalue weighted by atomic mass is 10.1. The molecule has 0 saturated heterocycles. The molecular formula is C24H21N3O3. The van der Waals surface area contributed by atoms with Gasteiger partial charge in [-0.05, 0) is 41.5 Å². The van der Waals surface area contributed by atoms with Crippen LogP contribution in [0.3, 0.4) is 0 Å². The van der Waals surface area contributed by atoms with E-state index in [1.807, 2.05) is 24.3 Å². The molecule has 1 aliphatic rings. The van der Waals surface area contributed by atoms with Crippen molar-refractivity contribution < 1.29 is 13.9 Å². The van der Waals surface area contributed by atoms with E-state index in [9.17, 15) is 10.1 Å². The number of benzene rings is 2.